The molecule has 1 saturated carbocycles. The summed E-state index contributed by atoms with van der Waals surface area (Å²) < 4.78 is 0. The Morgan fingerprint density at radius 3 is 2.58 bits per heavy atom. The first-order valence-electron chi connectivity index (χ1n) is 11.3. The first-order valence-corrected chi connectivity index (χ1v) is 11.3. The number of para-hydroxylation sites is 1. The van der Waals surface area contributed by atoms with Crippen LogP contribution in [0.5, 0.6) is 0 Å². The fourth-order valence-corrected chi connectivity index (χ4v) is 4.13. The summed E-state index contributed by atoms with van der Waals surface area (Å²) in [7, 11) is 2.20. The molecule has 6 heteroatoms. The number of carbonyl (C=O) groups excluding carboxylic acids is 2. The zero-order valence-electron chi connectivity index (χ0n) is 18.6. The Bertz CT molecular complexity index is 877. The van der Waals surface area contributed by atoms with Crippen LogP contribution in [0, 0.1) is 0 Å². The highest BCUT2D eigenvalue weighted by molar-refractivity contribution is 5.98. The molecular weight excluding hydrogens is 388 g/mol. The van der Waals surface area contributed by atoms with E-state index in [4.69, 9.17) is 0 Å². The highest BCUT2D eigenvalue weighted by Crippen LogP contribution is 2.24. The molecule has 0 saturated heterocycles. The van der Waals surface area contributed by atoms with E-state index in [2.05, 4.69) is 34.0 Å². The predicted molar refractivity (Wildman–Crippen MR) is 126 cm³/mol. The monoisotopic (exact) mass is 422 g/mol. The topological polar surface area (TPSA) is 73.5 Å². The van der Waals surface area contributed by atoms with Crippen molar-refractivity contribution >= 4 is 23.2 Å². The number of rotatable bonds is 9. The van der Waals surface area contributed by atoms with E-state index in [0.29, 0.717) is 23.8 Å². The third-order valence-electron chi connectivity index (χ3n) is 5.82. The van der Waals surface area contributed by atoms with Crippen LogP contribution in [-0.4, -0.2) is 42.9 Å². The summed E-state index contributed by atoms with van der Waals surface area (Å²) in [6.07, 6.45) is 6.52. The molecule has 2 aromatic carbocycles. The van der Waals surface area contributed by atoms with E-state index >= 15 is 0 Å². The van der Waals surface area contributed by atoms with Crippen LogP contribution < -0.4 is 16.0 Å². The number of hydrogen-bond donors (Lipinski definition) is 3. The first kappa shape index (κ1) is 22.8. The maximum absolute atomic E-state index is 12.5. The van der Waals surface area contributed by atoms with Gasteiger partial charge in [0.25, 0.3) is 5.91 Å². The zero-order valence-corrected chi connectivity index (χ0v) is 18.6. The minimum absolute atomic E-state index is 0.146. The highest BCUT2D eigenvalue weighted by atomic mass is 16.2. The van der Waals surface area contributed by atoms with Gasteiger partial charge in [0.05, 0.1) is 6.54 Å². The molecule has 6 nitrogen and oxygen atoms in total. The molecular formula is C25H34N4O2. The van der Waals surface area contributed by atoms with Crippen LogP contribution in [0.2, 0.25) is 0 Å². The molecule has 1 aliphatic rings. The summed E-state index contributed by atoms with van der Waals surface area (Å²) in [5.74, 6) is -0.295. The average molecular weight is 423 g/mol. The normalized spacial score (nSPS) is 14.3. The number of anilines is 2. The first-order chi connectivity index (χ1) is 15.1. The second-order valence-corrected chi connectivity index (χ2v) is 8.21. The number of nitrogens with one attached hydrogen (secondary N) is 3. The molecule has 0 radical (unpaired) electrons. The van der Waals surface area contributed by atoms with Crippen molar-refractivity contribution in [3.8, 4) is 0 Å². The van der Waals surface area contributed by atoms with Crippen molar-refractivity contribution in [1.29, 1.82) is 0 Å². The van der Waals surface area contributed by atoms with Crippen LogP contribution in [-0.2, 0) is 11.3 Å². The van der Waals surface area contributed by atoms with Gasteiger partial charge in [0.1, 0.15) is 0 Å². The van der Waals surface area contributed by atoms with Crippen molar-refractivity contribution in [3.63, 3.8) is 0 Å². The van der Waals surface area contributed by atoms with Crippen LogP contribution in [0.1, 0.15) is 54.9 Å². The van der Waals surface area contributed by atoms with E-state index in [9.17, 15) is 9.59 Å². The predicted octanol–water partition coefficient (Wildman–Crippen LogP) is 4.25. The van der Waals surface area contributed by atoms with E-state index in [-0.39, 0.29) is 18.4 Å². The molecule has 0 heterocycles. The van der Waals surface area contributed by atoms with Gasteiger partial charge in [-0.2, -0.15) is 0 Å². The fourth-order valence-electron chi connectivity index (χ4n) is 4.13. The van der Waals surface area contributed by atoms with Crippen molar-refractivity contribution in [1.82, 2.24) is 10.2 Å². The summed E-state index contributed by atoms with van der Waals surface area (Å²) in [5, 5.41) is 8.92. The second kappa shape index (κ2) is 11.5. The van der Waals surface area contributed by atoms with Crippen LogP contribution in [0.3, 0.4) is 0 Å². The molecule has 3 rings (SSSR count). The molecule has 0 aromatic heterocycles. The van der Waals surface area contributed by atoms with Crippen LogP contribution in [0.15, 0.2) is 48.5 Å². The SMILES string of the molecule is CCNC(=O)c1cccc(NC(=O)CNc2ccccc2CN(C)C2CCCCC2)c1. The quantitative estimate of drug-likeness (QED) is 0.565. The molecule has 2 aromatic rings. The van der Waals surface area contributed by atoms with Gasteiger partial charge < -0.3 is 16.0 Å². The summed E-state index contributed by atoms with van der Waals surface area (Å²) in [6, 6.07) is 15.8. The van der Waals surface area contributed by atoms with E-state index in [1.807, 2.05) is 25.1 Å². The smallest absolute Gasteiger partial charge is 0.251 e. The van der Waals surface area contributed by atoms with Gasteiger partial charge in [-0.1, -0.05) is 43.5 Å². The second-order valence-electron chi connectivity index (χ2n) is 8.21. The van der Waals surface area contributed by atoms with Crippen LogP contribution in [0.25, 0.3) is 0 Å². The molecule has 2 amide bonds. The van der Waals surface area contributed by atoms with Gasteiger partial charge >= 0.3 is 0 Å². The Labute approximate surface area is 185 Å². The van der Waals surface area contributed by atoms with Gasteiger partial charge in [0.15, 0.2) is 0 Å². The molecule has 0 unspecified atom stereocenters. The summed E-state index contributed by atoms with van der Waals surface area (Å²) in [6.45, 7) is 3.47. The summed E-state index contributed by atoms with van der Waals surface area (Å²) >= 11 is 0. The fraction of sp³-hybridized carbons (Fsp3) is 0.440. The number of nitrogens with zero attached hydrogens (tertiary/aromatic N) is 1. The summed E-state index contributed by atoms with van der Waals surface area (Å²) in [4.78, 5) is 26.9. The highest BCUT2D eigenvalue weighted by Gasteiger charge is 2.19. The van der Waals surface area contributed by atoms with Gasteiger partial charge in [-0.05, 0) is 56.6 Å². The van der Waals surface area contributed by atoms with Crippen LogP contribution in [0.4, 0.5) is 11.4 Å². The number of benzene rings is 2. The van der Waals surface area contributed by atoms with Crippen molar-refractivity contribution in [2.24, 2.45) is 0 Å². The van der Waals surface area contributed by atoms with Crippen molar-refractivity contribution < 1.29 is 9.59 Å². The van der Waals surface area contributed by atoms with Gasteiger partial charge in [-0.3, -0.25) is 14.5 Å². The van der Waals surface area contributed by atoms with Gasteiger partial charge in [0, 0.05) is 36.1 Å². The lowest BCUT2D eigenvalue weighted by Crippen LogP contribution is -2.33. The Morgan fingerprint density at radius 1 is 1.03 bits per heavy atom. The Kier molecular flexibility index (Phi) is 8.47. The van der Waals surface area contributed by atoms with E-state index in [0.717, 1.165) is 12.2 Å². The minimum Gasteiger partial charge on any atom is -0.376 e. The molecule has 1 aliphatic carbocycles. The minimum atomic E-state index is -0.150. The maximum atomic E-state index is 12.5. The van der Waals surface area contributed by atoms with Crippen molar-refractivity contribution in [2.75, 3.05) is 30.8 Å². The van der Waals surface area contributed by atoms with E-state index in [1.54, 1.807) is 24.3 Å². The summed E-state index contributed by atoms with van der Waals surface area (Å²) in [5.41, 5.74) is 3.32. The van der Waals surface area contributed by atoms with Gasteiger partial charge in [0.2, 0.25) is 5.91 Å². The lowest BCUT2D eigenvalue weighted by Gasteiger charge is -2.31. The molecule has 166 valence electrons. The molecule has 31 heavy (non-hydrogen) atoms. The van der Waals surface area contributed by atoms with E-state index < -0.39 is 0 Å². The number of amides is 2. The molecule has 0 bridgehead atoms. The van der Waals surface area contributed by atoms with Gasteiger partial charge in [-0.15, -0.1) is 0 Å². The molecule has 0 aliphatic heterocycles. The Morgan fingerprint density at radius 2 is 1.81 bits per heavy atom. The van der Waals surface area contributed by atoms with Crippen molar-refractivity contribution in [2.45, 2.75) is 51.6 Å². The zero-order chi connectivity index (χ0) is 22.1. The molecule has 0 spiro atoms. The molecule has 3 N–H and O–H groups in total. The molecule has 0 atom stereocenters. The number of hydrogen-bond acceptors (Lipinski definition) is 4. The lowest BCUT2D eigenvalue weighted by molar-refractivity contribution is -0.114. The molecule has 1 fully saturated rings. The van der Waals surface area contributed by atoms with Crippen molar-refractivity contribution in [3.05, 3.63) is 59.7 Å². The standard InChI is InChI=1S/C25H34N4O2/c1-3-26-25(31)19-11-9-12-21(16-19)28-24(30)17-27-23-15-8-7-10-20(23)18-29(2)22-13-5-4-6-14-22/h7-12,15-16,22,27H,3-6,13-14,17-18H2,1-2H3,(H,26,31)(H,28,30). The average Bonchev–Trinajstić information content (AvgIpc) is 2.79. The van der Waals surface area contributed by atoms with E-state index in [1.165, 1.54) is 37.7 Å². The Balaban J connectivity index is 1.56. The van der Waals surface area contributed by atoms with Gasteiger partial charge in [-0.25, -0.2) is 0 Å². The maximum Gasteiger partial charge on any atom is 0.251 e. The largest absolute Gasteiger partial charge is 0.376 e. The third-order valence-corrected chi connectivity index (χ3v) is 5.82. The third kappa shape index (κ3) is 6.82. The number of carbonyl (C=O) groups is 2. The Hall–Kier alpha value is -2.86. The lowest BCUT2D eigenvalue weighted by atomic mass is 9.94. The van der Waals surface area contributed by atoms with Crippen LogP contribution >= 0.6 is 0 Å².